The average Bonchev–Trinajstić information content (AvgIpc) is 2.17. The van der Waals surface area contributed by atoms with Gasteiger partial charge in [0, 0.05) is 16.5 Å². The molecule has 0 fully saturated rings. The number of rotatable bonds is 2. The number of hydrogen-bond donors (Lipinski definition) is 0. The normalized spacial score (nSPS) is 13.0. The third kappa shape index (κ3) is 2.20. The second-order valence-electron chi connectivity index (χ2n) is 3.02. The van der Waals surface area contributed by atoms with Gasteiger partial charge in [-0.3, -0.25) is 4.98 Å². The van der Waals surface area contributed by atoms with Crippen molar-refractivity contribution in [1.29, 1.82) is 0 Å². The Morgan fingerprint density at radius 1 is 1.36 bits per heavy atom. The highest BCUT2D eigenvalue weighted by atomic mass is 35.5. The summed E-state index contributed by atoms with van der Waals surface area (Å²) in [7, 11) is 0. The molecule has 1 atom stereocenters. The summed E-state index contributed by atoms with van der Waals surface area (Å²) in [6.45, 7) is 1.96. The van der Waals surface area contributed by atoms with Gasteiger partial charge < -0.3 is 0 Å². The van der Waals surface area contributed by atoms with Gasteiger partial charge in [0.2, 0.25) is 0 Å². The summed E-state index contributed by atoms with van der Waals surface area (Å²) in [6.07, 6.45) is 1.87. The number of halogens is 1. The number of thioether (sulfide) groups is 1. The monoisotopic (exact) mass is 223 g/mol. The molecule has 1 unspecified atom stereocenters. The first-order chi connectivity index (χ1) is 6.75. The van der Waals surface area contributed by atoms with Gasteiger partial charge in [0.25, 0.3) is 0 Å². The molecule has 0 amide bonds. The Morgan fingerprint density at radius 3 is 2.93 bits per heavy atom. The molecule has 0 saturated heterocycles. The Bertz CT molecular complexity index is 442. The van der Waals surface area contributed by atoms with Crippen LogP contribution < -0.4 is 0 Å². The van der Waals surface area contributed by atoms with E-state index < -0.39 is 0 Å². The predicted molar refractivity (Wildman–Crippen MR) is 62.9 cm³/mol. The number of benzene rings is 1. The molecule has 0 radical (unpaired) electrons. The number of nitrogens with zero attached hydrogens (tertiary/aromatic N) is 1. The van der Waals surface area contributed by atoms with E-state index in [0.29, 0.717) is 0 Å². The minimum absolute atomic E-state index is 0.0814. The van der Waals surface area contributed by atoms with Crippen molar-refractivity contribution in [2.24, 2.45) is 0 Å². The van der Waals surface area contributed by atoms with Crippen molar-refractivity contribution in [2.45, 2.75) is 16.5 Å². The number of pyridine rings is 1. The van der Waals surface area contributed by atoms with Gasteiger partial charge in [0.1, 0.15) is 0 Å². The van der Waals surface area contributed by atoms with Gasteiger partial charge in [-0.15, -0.1) is 23.4 Å². The highest BCUT2D eigenvalue weighted by molar-refractivity contribution is 8.01. The van der Waals surface area contributed by atoms with E-state index in [1.807, 2.05) is 31.3 Å². The van der Waals surface area contributed by atoms with E-state index >= 15 is 0 Å². The lowest BCUT2D eigenvalue weighted by molar-refractivity contribution is 1.29. The van der Waals surface area contributed by atoms with Gasteiger partial charge in [0.05, 0.1) is 10.2 Å². The van der Waals surface area contributed by atoms with Crippen LogP contribution in [0.2, 0.25) is 0 Å². The summed E-state index contributed by atoms with van der Waals surface area (Å²) in [4.78, 5) is 5.47. The summed E-state index contributed by atoms with van der Waals surface area (Å²) in [5.74, 6) is 0. The van der Waals surface area contributed by atoms with E-state index in [1.165, 1.54) is 0 Å². The highest BCUT2D eigenvalue weighted by Crippen LogP contribution is 2.26. The summed E-state index contributed by atoms with van der Waals surface area (Å²) >= 11 is 7.51. The Balaban J connectivity index is 2.41. The molecule has 1 nitrogen and oxygen atoms in total. The minimum atomic E-state index is 0.0814. The number of aromatic nitrogens is 1. The molecule has 2 aromatic rings. The molecule has 0 N–H and O–H groups in total. The van der Waals surface area contributed by atoms with E-state index in [-0.39, 0.29) is 4.71 Å². The van der Waals surface area contributed by atoms with Crippen molar-refractivity contribution in [1.82, 2.24) is 4.98 Å². The number of hydrogen-bond acceptors (Lipinski definition) is 2. The third-order valence-corrected chi connectivity index (χ3v) is 2.95. The molecular weight excluding hydrogens is 214 g/mol. The van der Waals surface area contributed by atoms with E-state index in [4.69, 9.17) is 11.6 Å². The molecule has 0 spiro atoms. The van der Waals surface area contributed by atoms with Crippen molar-refractivity contribution in [3.05, 3.63) is 36.5 Å². The number of fused-ring (bicyclic) bond motifs is 1. The molecule has 0 saturated carbocycles. The van der Waals surface area contributed by atoms with Crippen LogP contribution in [0.3, 0.4) is 0 Å². The van der Waals surface area contributed by atoms with Crippen molar-refractivity contribution >= 4 is 34.3 Å². The van der Waals surface area contributed by atoms with E-state index in [9.17, 15) is 0 Å². The molecule has 1 aromatic heterocycles. The Kier molecular flexibility index (Phi) is 2.94. The number of alkyl halides is 1. The van der Waals surface area contributed by atoms with Crippen LogP contribution in [0.15, 0.2) is 41.4 Å². The molecule has 72 valence electrons. The molecule has 2 rings (SSSR count). The zero-order valence-electron chi connectivity index (χ0n) is 7.77. The van der Waals surface area contributed by atoms with Gasteiger partial charge >= 0.3 is 0 Å². The fourth-order valence-electron chi connectivity index (χ4n) is 1.30. The largest absolute Gasteiger partial charge is 0.255 e. The Labute approximate surface area is 92.5 Å². The zero-order valence-corrected chi connectivity index (χ0v) is 9.35. The van der Waals surface area contributed by atoms with Gasteiger partial charge in [0.15, 0.2) is 0 Å². The van der Waals surface area contributed by atoms with Crippen molar-refractivity contribution in [3.63, 3.8) is 0 Å². The van der Waals surface area contributed by atoms with E-state index in [1.54, 1.807) is 11.8 Å². The Hall–Kier alpha value is -0.730. The third-order valence-electron chi connectivity index (χ3n) is 1.86. The van der Waals surface area contributed by atoms with Gasteiger partial charge in [-0.25, -0.2) is 0 Å². The van der Waals surface area contributed by atoms with Crippen LogP contribution in [0.25, 0.3) is 10.9 Å². The predicted octanol–water partition coefficient (Wildman–Crippen LogP) is 3.91. The lowest BCUT2D eigenvalue weighted by Gasteiger charge is -2.03. The second kappa shape index (κ2) is 4.20. The van der Waals surface area contributed by atoms with E-state index in [0.717, 1.165) is 15.8 Å². The minimum Gasteiger partial charge on any atom is -0.255 e. The van der Waals surface area contributed by atoms with Crippen LogP contribution in [-0.4, -0.2) is 9.69 Å². The van der Waals surface area contributed by atoms with Crippen molar-refractivity contribution in [2.75, 3.05) is 0 Å². The first-order valence-electron chi connectivity index (χ1n) is 4.41. The molecule has 14 heavy (non-hydrogen) atoms. The van der Waals surface area contributed by atoms with Crippen LogP contribution in [0.4, 0.5) is 0 Å². The summed E-state index contributed by atoms with van der Waals surface area (Å²) < 4.78 is 0.0814. The van der Waals surface area contributed by atoms with Crippen molar-refractivity contribution < 1.29 is 0 Å². The maximum Gasteiger partial charge on any atom is 0.0808 e. The lowest BCUT2D eigenvalue weighted by atomic mass is 10.2. The number of para-hydroxylation sites is 1. The van der Waals surface area contributed by atoms with Crippen molar-refractivity contribution in [3.8, 4) is 0 Å². The molecule has 0 bridgehead atoms. The quantitative estimate of drug-likeness (QED) is 0.566. The molecule has 1 heterocycles. The molecule has 0 aliphatic rings. The van der Waals surface area contributed by atoms with Crippen LogP contribution in [0.1, 0.15) is 6.92 Å². The SMILES string of the molecule is CC(Cl)Sc1cnc2ccccc2c1. The standard InChI is InChI=1S/C11H10ClNS/c1-8(12)14-10-6-9-4-2-3-5-11(9)13-7-10/h2-8H,1H3. The first-order valence-corrected chi connectivity index (χ1v) is 5.73. The first kappa shape index (κ1) is 9.81. The fraction of sp³-hybridized carbons (Fsp3) is 0.182. The fourth-order valence-corrected chi connectivity index (χ4v) is 2.30. The van der Waals surface area contributed by atoms with E-state index in [2.05, 4.69) is 17.1 Å². The Morgan fingerprint density at radius 2 is 2.14 bits per heavy atom. The maximum atomic E-state index is 5.90. The van der Waals surface area contributed by atoms with Gasteiger partial charge in [-0.2, -0.15) is 0 Å². The van der Waals surface area contributed by atoms with Gasteiger partial charge in [-0.05, 0) is 19.1 Å². The lowest BCUT2D eigenvalue weighted by Crippen LogP contribution is -1.84. The van der Waals surface area contributed by atoms with Gasteiger partial charge in [-0.1, -0.05) is 18.2 Å². The van der Waals surface area contributed by atoms with Crippen LogP contribution in [0.5, 0.6) is 0 Å². The smallest absolute Gasteiger partial charge is 0.0808 e. The summed E-state index contributed by atoms with van der Waals surface area (Å²) in [6, 6.07) is 10.2. The molecule has 1 aromatic carbocycles. The topological polar surface area (TPSA) is 12.9 Å². The van der Waals surface area contributed by atoms with Crippen LogP contribution in [0, 0.1) is 0 Å². The second-order valence-corrected chi connectivity index (χ2v) is 5.35. The molecule has 0 aliphatic carbocycles. The summed E-state index contributed by atoms with van der Waals surface area (Å²) in [5.41, 5.74) is 1.03. The highest BCUT2D eigenvalue weighted by Gasteiger charge is 2.01. The average molecular weight is 224 g/mol. The summed E-state index contributed by atoms with van der Waals surface area (Å²) in [5, 5.41) is 1.16. The van der Waals surface area contributed by atoms with Crippen LogP contribution in [-0.2, 0) is 0 Å². The van der Waals surface area contributed by atoms with Crippen LogP contribution >= 0.6 is 23.4 Å². The molecule has 0 aliphatic heterocycles. The maximum absolute atomic E-state index is 5.90. The molecular formula is C11H10ClNS. The zero-order chi connectivity index (χ0) is 9.97. The molecule has 3 heteroatoms.